The topological polar surface area (TPSA) is 15.3 Å². The van der Waals surface area contributed by atoms with E-state index in [0.29, 0.717) is 26.2 Å². The molecule has 1 aliphatic heterocycles. The molecule has 0 amide bonds. The normalized spacial score (nSPS) is 17.8. The monoisotopic (exact) mass is 334 g/mol. The maximum atomic E-state index is 13.1. The smallest absolute Gasteiger partial charge is 0.314 e. The van der Waals surface area contributed by atoms with E-state index < -0.39 is 18.0 Å². The van der Waals surface area contributed by atoms with Gasteiger partial charge in [-0.3, -0.25) is 4.90 Å². The number of benzene rings is 1. The predicted octanol–water partition coefficient (Wildman–Crippen LogP) is 3.18. The standard InChI is InChI=1S/C12H14F4N2.2ClH/c13-10-3-1-2-9(8-10)11(12(14,15)16)18-6-4-17-5-7-18;;/h1-3,8,11,17H,4-7H2;2*1H/t11-;;/m0../s1. The van der Waals surface area contributed by atoms with Gasteiger partial charge in [0, 0.05) is 26.2 Å². The molecule has 1 aliphatic rings. The number of piperazine rings is 1. The van der Waals surface area contributed by atoms with E-state index in [9.17, 15) is 17.6 Å². The molecule has 0 bridgehead atoms. The predicted molar refractivity (Wildman–Crippen MR) is 74.1 cm³/mol. The first kappa shape index (κ1) is 19.4. The van der Waals surface area contributed by atoms with Gasteiger partial charge in [-0.15, -0.1) is 24.8 Å². The van der Waals surface area contributed by atoms with Crippen LogP contribution in [0.2, 0.25) is 0 Å². The van der Waals surface area contributed by atoms with Gasteiger partial charge in [0.1, 0.15) is 11.9 Å². The molecule has 0 unspecified atom stereocenters. The van der Waals surface area contributed by atoms with Gasteiger partial charge in [0.05, 0.1) is 0 Å². The van der Waals surface area contributed by atoms with Gasteiger partial charge in [-0.25, -0.2) is 4.39 Å². The van der Waals surface area contributed by atoms with E-state index in [1.807, 2.05) is 0 Å². The lowest BCUT2D eigenvalue weighted by atomic mass is 10.0. The van der Waals surface area contributed by atoms with Crippen molar-refractivity contribution < 1.29 is 17.6 Å². The molecule has 116 valence electrons. The average Bonchev–Trinajstić information content (AvgIpc) is 2.28. The molecule has 1 N–H and O–H groups in total. The van der Waals surface area contributed by atoms with Crippen molar-refractivity contribution in [3.8, 4) is 0 Å². The van der Waals surface area contributed by atoms with Crippen LogP contribution in [0, 0.1) is 5.82 Å². The third-order valence-corrected chi connectivity index (χ3v) is 2.99. The Hall–Kier alpha value is -0.560. The number of halogens is 6. The molecule has 0 aliphatic carbocycles. The maximum Gasteiger partial charge on any atom is 0.408 e. The summed E-state index contributed by atoms with van der Waals surface area (Å²) in [4.78, 5) is 1.34. The first-order valence-corrected chi connectivity index (χ1v) is 5.75. The summed E-state index contributed by atoms with van der Waals surface area (Å²) in [6.45, 7) is 1.64. The summed E-state index contributed by atoms with van der Waals surface area (Å²) in [5.41, 5.74) is -0.0376. The minimum Gasteiger partial charge on any atom is -0.314 e. The number of hydrogen-bond donors (Lipinski definition) is 1. The highest BCUT2D eigenvalue weighted by atomic mass is 35.5. The molecule has 1 atom stereocenters. The van der Waals surface area contributed by atoms with Crippen molar-refractivity contribution in [3.05, 3.63) is 35.6 Å². The van der Waals surface area contributed by atoms with Gasteiger partial charge in [-0.05, 0) is 17.7 Å². The molecule has 1 heterocycles. The Morgan fingerprint density at radius 2 is 1.70 bits per heavy atom. The SMILES string of the molecule is Cl.Cl.Fc1cccc([C@H](N2CCNCC2)C(F)(F)F)c1. The quantitative estimate of drug-likeness (QED) is 0.835. The molecule has 1 aromatic carbocycles. The van der Waals surface area contributed by atoms with Crippen LogP contribution in [-0.4, -0.2) is 37.3 Å². The van der Waals surface area contributed by atoms with E-state index in [2.05, 4.69) is 5.32 Å². The third kappa shape index (κ3) is 4.77. The van der Waals surface area contributed by atoms with Crippen molar-refractivity contribution in [1.29, 1.82) is 0 Å². The van der Waals surface area contributed by atoms with Crippen molar-refractivity contribution in [3.63, 3.8) is 0 Å². The zero-order valence-corrected chi connectivity index (χ0v) is 12.1. The summed E-state index contributed by atoms with van der Waals surface area (Å²) in [6.07, 6.45) is -4.40. The van der Waals surface area contributed by atoms with Crippen molar-refractivity contribution in [2.45, 2.75) is 12.2 Å². The van der Waals surface area contributed by atoms with Crippen LogP contribution in [0.1, 0.15) is 11.6 Å². The summed E-state index contributed by atoms with van der Waals surface area (Å²) in [5, 5.41) is 3.00. The molecule has 0 spiro atoms. The van der Waals surface area contributed by atoms with Crippen LogP contribution in [0.3, 0.4) is 0 Å². The Bertz CT molecular complexity index is 409. The first-order chi connectivity index (χ1) is 8.48. The molecule has 1 aromatic rings. The Balaban J connectivity index is 0.00000180. The molecule has 2 nitrogen and oxygen atoms in total. The number of alkyl halides is 3. The van der Waals surface area contributed by atoms with Gasteiger partial charge < -0.3 is 5.32 Å². The van der Waals surface area contributed by atoms with Crippen molar-refractivity contribution in [2.24, 2.45) is 0 Å². The van der Waals surface area contributed by atoms with Crippen molar-refractivity contribution in [2.75, 3.05) is 26.2 Å². The zero-order chi connectivity index (χ0) is 13.2. The van der Waals surface area contributed by atoms with Crippen LogP contribution in [-0.2, 0) is 0 Å². The van der Waals surface area contributed by atoms with Crippen LogP contribution in [0.25, 0.3) is 0 Å². The highest BCUT2D eigenvalue weighted by Gasteiger charge is 2.44. The van der Waals surface area contributed by atoms with E-state index >= 15 is 0 Å². The summed E-state index contributed by atoms with van der Waals surface area (Å²) >= 11 is 0. The van der Waals surface area contributed by atoms with Gasteiger partial charge in [-0.1, -0.05) is 12.1 Å². The number of nitrogens with one attached hydrogen (secondary N) is 1. The van der Waals surface area contributed by atoms with E-state index in [-0.39, 0.29) is 30.4 Å². The molecule has 0 aromatic heterocycles. The largest absolute Gasteiger partial charge is 0.408 e. The highest BCUT2D eigenvalue weighted by Crippen LogP contribution is 2.37. The van der Waals surface area contributed by atoms with Crippen LogP contribution in [0.5, 0.6) is 0 Å². The fourth-order valence-electron chi connectivity index (χ4n) is 2.22. The Morgan fingerprint density at radius 1 is 1.10 bits per heavy atom. The van der Waals surface area contributed by atoms with E-state index in [1.165, 1.54) is 17.0 Å². The molecule has 1 saturated heterocycles. The van der Waals surface area contributed by atoms with Gasteiger partial charge in [-0.2, -0.15) is 13.2 Å². The fraction of sp³-hybridized carbons (Fsp3) is 0.500. The number of nitrogens with zero attached hydrogens (tertiary/aromatic N) is 1. The fourth-order valence-corrected chi connectivity index (χ4v) is 2.22. The summed E-state index contributed by atoms with van der Waals surface area (Å²) < 4.78 is 52.5. The van der Waals surface area contributed by atoms with E-state index in [4.69, 9.17) is 0 Å². The second-order valence-corrected chi connectivity index (χ2v) is 4.29. The minimum atomic E-state index is -4.40. The third-order valence-electron chi connectivity index (χ3n) is 2.99. The van der Waals surface area contributed by atoms with E-state index in [0.717, 1.165) is 12.1 Å². The Morgan fingerprint density at radius 3 is 2.20 bits per heavy atom. The highest BCUT2D eigenvalue weighted by molar-refractivity contribution is 5.85. The molecule has 0 saturated carbocycles. The van der Waals surface area contributed by atoms with Gasteiger partial charge >= 0.3 is 6.18 Å². The van der Waals surface area contributed by atoms with Crippen LogP contribution in [0.4, 0.5) is 17.6 Å². The second kappa shape index (κ2) is 8.02. The molecular formula is C12H16Cl2F4N2. The lowest BCUT2D eigenvalue weighted by Gasteiger charge is -2.36. The van der Waals surface area contributed by atoms with Crippen LogP contribution < -0.4 is 5.32 Å². The zero-order valence-electron chi connectivity index (χ0n) is 10.5. The van der Waals surface area contributed by atoms with Crippen LogP contribution in [0.15, 0.2) is 24.3 Å². The average molecular weight is 335 g/mol. The second-order valence-electron chi connectivity index (χ2n) is 4.29. The van der Waals surface area contributed by atoms with E-state index in [1.54, 1.807) is 0 Å². The molecule has 1 fully saturated rings. The van der Waals surface area contributed by atoms with Crippen molar-refractivity contribution >= 4 is 24.8 Å². The first-order valence-electron chi connectivity index (χ1n) is 5.75. The maximum absolute atomic E-state index is 13.1. The van der Waals surface area contributed by atoms with Crippen LogP contribution >= 0.6 is 24.8 Å². The number of rotatable bonds is 2. The summed E-state index contributed by atoms with van der Waals surface area (Å²) in [7, 11) is 0. The molecular weight excluding hydrogens is 319 g/mol. The molecule has 8 heteroatoms. The lowest BCUT2D eigenvalue weighted by molar-refractivity contribution is -0.187. The molecule has 0 radical (unpaired) electrons. The van der Waals surface area contributed by atoms with Crippen molar-refractivity contribution in [1.82, 2.24) is 10.2 Å². The molecule has 20 heavy (non-hydrogen) atoms. The number of hydrogen-bond acceptors (Lipinski definition) is 2. The lowest BCUT2D eigenvalue weighted by Crippen LogP contribution is -2.49. The summed E-state index contributed by atoms with van der Waals surface area (Å²) in [6, 6.07) is 3.01. The Labute approximate surface area is 127 Å². The molecule has 2 rings (SSSR count). The van der Waals surface area contributed by atoms with Gasteiger partial charge in [0.25, 0.3) is 0 Å². The van der Waals surface area contributed by atoms with Gasteiger partial charge in [0.2, 0.25) is 0 Å². The Kier molecular flexibility index (Phi) is 7.80. The summed E-state index contributed by atoms with van der Waals surface area (Å²) in [5.74, 6) is -0.642. The van der Waals surface area contributed by atoms with Gasteiger partial charge in [0.15, 0.2) is 0 Å². The minimum absolute atomic E-state index is 0.